The number of anilines is 3. The highest BCUT2D eigenvalue weighted by atomic mass is 35.5. The molecule has 1 unspecified atom stereocenters. The zero-order valence-electron chi connectivity index (χ0n) is 20.4. The molecule has 0 aliphatic rings. The van der Waals surface area contributed by atoms with Gasteiger partial charge >= 0.3 is 5.97 Å². The smallest absolute Gasteiger partial charge is 0.311 e. The second-order valence-corrected chi connectivity index (χ2v) is 10.3. The van der Waals surface area contributed by atoms with E-state index in [0.717, 1.165) is 5.56 Å². The number of carbonyl (C=O) groups is 1. The summed E-state index contributed by atoms with van der Waals surface area (Å²) in [5, 5.41) is 9.45. The van der Waals surface area contributed by atoms with E-state index in [1.165, 1.54) is 24.6 Å². The molecule has 1 aromatic heterocycles. The number of carbonyl (C=O) groups excluding carboxylic acids is 1. The van der Waals surface area contributed by atoms with Gasteiger partial charge in [0, 0.05) is 6.54 Å². The number of aromatic nitrogens is 1. The number of nitrogens with zero attached hydrogens (tertiary/aromatic N) is 1. The van der Waals surface area contributed by atoms with Crippen molar-refractivity contribution in [1.29, 1.82) is 0 Å². The molecule has 1 heterocycles. The van der Waals surface area contributed by atoms with Crippen LogP contribution in [0.25, 0.3) is 0 Å². The average Bonchev–Trinajstić information content (AvgIpc) is 3.33. The lowest BCUT2D eigenvalue weighted by molar-refractivity contribution is -0.155. The molecule has 5 N–H and O–H groups in total. The van der Waals surface area contributed by atoms with Gasteiger partial charge < -0.3 is 30.8 Å². The predicted octanol–water partition coefficient (Wildman–Crippen LogP) is 5.45. The lowest BCUT2D eigenvalue weighted by Crippen LogP contribution is -2.49. The highest BCUT2D eigenvalue weighted by Crippen LogP contribution is 2.28. The fourth-order valence-corrected chi connectivity index (χ4v) is 3.67. The molecule has 3 aromatic rings. The van der Waals surface area contributed by atoms with Gasteiger partial charge in [-0.3, -0.25) is 4.79 Å². The van der Waals surface area contributed by atoms with Crippen molar-refractivity contribution in [3.8, 4) is 0 Å². The van der Waals surface area contributed by atoms with Gasteiger partial charge in [-0.25, -0.2) is 9.37 Å². The molecular weight excluding hydrogens is 505 g/mol. The summed E-state index contributed by atoms with van der Waals surface area (Å²) >= 11 is 11.4. The number of nitrogen functional groups attached to an aromatic ring is 1. The van der Waals surface area contributed by atoms with Crippen LogP contribution in [0.2, 0.25) is 5.02 Å². The second kappa shape index (κ2) is 11.1. The van der Waals surface area contributed by atoms with Crippen LogP contribution in [0.5, 0.6) is 0 Å². The van der Waals surface area contributed by atoms with E-state index in [1.807, 2.05) is 12.1 Å². The summed E-state index contributed by atoms with van der Waals surface area (Å²) in [6.45, 7) is 7.27. The maximum atomic E-state index is 14.3. The summed E-state index contributed by atoms with van der Waals surface area (Å²) in [5.74, 6) is -1.00. The zero-order chi connectivity index (χ0) is 26.5. The van der Waals surface area contributed by atoms with Gasteiger partial charge in [-0.05, 0) is 69.2 Å². The van der Waals surface area contributed by atoms with Gasteiger partial charge in [0.2, 0.25) is 0 Å². The first-order valence-corrected chi connectivity index (χ1v) is 11.9. The van der Waals surface area contributed by atoms with Gasteiger partial charge in [0.15, 0.2) is 5.11 Å². The first-order valence-electron chi connectivity index (χ1n) is 11.1. The molecule has 0 spiro atoms. The molecule has 8 nitrogen and oxygen atoms in total. The van der Waals surface area contributed by atoms with E-state index in [9.17, 15) is 9.18 Å². The normalized spacial score (nSPS) is 12.9. The van der Waals surface area contributed by atoms with Gasteiger partial charge in [0.25, 0.3) is 6.01 Å². The molecule has 36 heavy (non-hydrogen) atoms. The predicted molar refractivity (Wildman–Crippen MR) is 143 cm³/mol. The molecule has 2 aromatic carbocycles. The molecule has 0 fully saturated rings. The van der Waals surface area contributed by atoms with Crippen molar-refractivity contribution >= 4 is 52.3 Å². The van der Waals surface area contributed by atoms with Crippen LogP contribution in [0.4, 0.5) is 21.8 Å². The minimum atomic E-state index is -1.07. The van der Waals surface area contributed by atoms with Crippen molar-refractivity contribution in [2.24, 2.45) is 5.41 Å². The molecule has 11 heteroatoms. The van der Waals surface area contributed by atoms with Crippen LogP contribution in [-0.2, 0) is 21.6 Å². The minimum absolute atomic E-state index is 0.0172. The fourth-order valence-electron chi connectivity index (χ4n) is 3.22. The third-order valence-corrected chi connectivity index (χ3v) is 5.87. The second-order valence-electron chi connectivity index (χ2n) is 9.44. The van der Waals surface area contributed by atoms with Crippen molar-refractivity contribution in [2.45, 2.75) is 39.8 Å². The van der Waals surface area contributed by atoms with E-state index in [-0.39, 0.29) is 16.7 Å². The Bertz CT molecular complexity index is 1230. The number of ether oxygens (including phenoxy) is 1. The number of hydrogen-bond acceptors (Lipinski definition) is 7. The average molecular weight is 534 g/mol. The number of thiocarbonyl (C=S) groups is 1. The van der Waals surface area contributed by atoms with Crippen LogP contribution in [0.15, 0.2) is 53.3 Å². The number of para-hydroxylation sites is 1. The Labute approximate surface area is 219 Å². The van der Waals surface area contributed by atoms with Gasteiger partial charge in [0.1, 0.15) is 18.7 Å². The topological polar surface area (TPSA) is 114 Å². The Hall–Kier alpha value is -3.37. The van der Waals surface area contributed by atoms with Crippen molar-refractivity contribution in [3.63, 3.8) is 0 Å². The van der Waals surface area contributed by atoms with E-state index < -0.39 is 22.7 Å². The summed E-state index contributed by atoms with van der Waals surface area (Å²) in [6, 6.07) is 10.2. The van der Waals surface area contributed by atoms with Gasteiger partial charge in [0.05, 0.1) is 33.5 Å². The molecule has 1 atom stereocenters. The molecule has 0 amide bonds. The molecule has 0 aliphatic heterocycles. The first kappa shape index (κ1) is 27.2. The van der Waals surface area contributed by atoms with Gasteiger partial charge in [-0.15, -0.1) is 0 Å². The Balaban J connectivity index is 1.78. The molecular formula is C25H29ClFN5O3S. The van der Waals surface area contributed by atoms with E-state index >= 15 is 0 Å². The van der Waals surface area contributed by atoms with E-state index in [1.54, 1.807) is 39.8 Å². The summed E-state index contributed by atoms with van der Waals surface area (Å²) in [6.07, 6.45) is 3.01. The first-order chi connectivity index (χ1) is 16.9. The van der Waals surface area contributed by atoms with Crippen LogP contribution in [0.3, 0.4) is 0 Å². The molecule has 0 saturated carbocycles. The van der Waals surface area contributed by atoms with Crippen molar-refractivity contribution in [2.75, 3.05) is 23.0 Å². The Morgan fingerprint density at radius 1 is 1.25 bits per heavy atom. The minimum Gasteiger partial charge on any atom is -0.462 e. The van der Waals surface area contributed by atoms with E-state index in [0.29, 0.717) is 29.5 Å². The monoisotopic (exact) mass is 533 g/mol. The van der Waals surface area contributed by atoms with E-state index in [2.05, 4.69) is 20.9 Å². The molecule has 0 saturated heterocycles. The molecule has 0 radical (unpaired) electrons. The van der Waals surface area contributed by atoms with E-state index in [4.69, 9.17) is 38.7 Å². The summed E-state index contributed by atoms with van der Waals surface area (Å²) < 4.78 is 25.1. The Morgan fingerprint density at radius 3 is 2.64 bits per heavy atom. The third-order valence-electron chi connectivity index (χ3n) is 5.36. The maximum absolute atomic E-state index is 14.3. The number of halogens is 2. The number of rotatable bonds is 8. The summed E-state index contributed by atoms with van der Waals surface area (Å²) in [4.78, 5) is 16.5. The highest BCUT2D eigenvalue weighted by Gasteiger charge is 2.33. The number of hydrogen-bond donors (Lipinski definition) is 4. The molecule has 0 aliphatic carbocycles. The number of oxazole rings is 1. The fraction of sp³-hybridized carbons (Fsp3) is 0.320. The van der Waals surface area contributed by atoms with Gasteiger partial charge in [-0.2, -0.15) is 0 Å². The molecule has 192 valence electrons. The highest BCUT2D eigenvalue weighted by molar-refractivity contribution is 7.80. The van der Waals surface area contributed by atoms with Crippen LogP contribution < -0.4 is 21.7 Å². The van der Waals surface area contributed by atoms with Crippen molar-refractivity contribution in [1.82, 2.24) is 10.3 Å². The molecule has 3 rings (SSSR count). The zero-order valence-corrected chi connectivity index (χ0v) is 22.0. The summed E-state index contributed by atoms with van der Waals surface area (Å²) in [5.41, 5.74) is 6.89. The van der Waals surface area contributed by atoms with Crippen molar-refractivity contribution < 1.29 is 18.3 Å². The van der Waals surface area contributed by atoms with Crippen LogP contribution in [0, 0.1) is 11.2 Å². The van der Waals surface area contributed by atoms with Gasteiger partial charge in [-0.1, -0.05) is 29.8 Å². The lowest BCUT2D eigenvalue weighted by atomic mass is 9.92. The van der Waals surface area contributed by atoms with Crippen molar-refractivity contribution in [3.05, 3.63) is 70.8 Å². The third kappa shape index (κ3) is 6.86. The van der Waals surface area contributed by atoms with Crippen LogP contribution in [-0.4, -0.2) is 22.7 Å². The summed E-state index contributed by atoms with van der Waals surface area (Å²) in [7, 11) is 0. The van der Waals surface area contributed by atoms with Crippen LogP contribution >= 0.6 is 23.8 Å². The van der Waals surface area contributed by atoms with Crippen LogP contribution in [0.1, 0.15) is 38.8 Å². The lowest BCUT2D eigenvalue weighted by Gasteiger charge is -2.33. The number of nitrogens with two attached hydrogens (primary N) is 1. The number of esters is 1. The number of nitrogens with one attached hydrogen (secondary N) is 3. The Morgan fingerprint density at radius 2 is 2.00 bits per heavy atom. The number of benzene rings is 2. The SMILES string of the molecule is CC(C)(C)C(=O)OCC(C)(NC(=S)Nc1cccc(CNc2ncco2)c1N)c1ccc(Cl)c(F)c1. The maximum Gasteiger partial charge on any atom is 0.311 e. The quantitative estimate of drug-likeness (QED) is 0.170. The largest absolute Gasteiger partial charge is 0.462 e. The standard InChI is InChI=1S/C25H29ClFN5O3S/c1-24(2,3)21(33)35-14-25(4,16-8-9-17(26)18(27)12-16)32-23(36)31-19-7-5-6-15(20(19)28)13-30-22-29-10-11-34-22/h5-12H,13-14,28H2,1-4H3,(H,29,30)(H2,31,32,36). The molecule has 0 bridgehead atoms. The Kier molecular flexibility index (Phi) is 8.42.